The van der Waals surface area contributed by atoms with Crippen molar-refractivity contribution in [3.8, 4) is 0 Å². The van der Waals surface area contributed by atoms with Gasteiger partial charge in [-0.2, -0.15) is 9.89 Å². The predicted molar refractivity (Wildman–Crippen MR) is 86.2 cm³/mol. The van der Waals surface area contributed by atoms with Gasteiger partial charge < -0.3 is 10.6 Å². The van der Waals surface area contributed by atoms with Crippen molar-refractivity contribution in [3.63, 3.8) is 0 Å². The van der Waals surface area contributed by atoms with E-state index in [1.807, 2.05) is 6.92 Å². The molecule has 0 radical (unpaired) electrons. The van der Waals surface area contributed by atoms with Crippen LogP contribution >= 0.6 is 11.3 Å². The van der Waals surface area contributed by atoms with Crippen LogP contribution in [0.5, 0.6) is 0 Å². The topological polar surface area (TPSA) is 157 Å². The second-order valence-electron chi connectivity index (χ2n) is 5.28. The zero-order valence-electron chi connectivity index (χ0n) is 12.7. The molecule has 11 nitrogen and oxygen atoms in total. The molecule has 128 valence electrons. The molecule has 12 heteroatoms. The van der Waals surface area contributed by atoms with Gasteiger partial charge in [0.2, 0.25) is 0 Å². The van der Waals surface area contributed by atoms with Gasteiger partial charge in [0.15, 0.2) is 5.65 Å². The third kappa shape index (κ3) is 2.73. The van der Waals surface area contributed by atoms with Gasteiger partial charge in [0, 0.05) is 0 Å². The summed E-state index contributed by atoms with van der Waals surface area (Å²) in [6, 6.07) is -0.464. The van der Waals surface area contributed by atoms with Crippen LogP contribution in [0.15, 0.2) is 25.1 Å². The van der Waals surface area contributed by atoms with Gasteiger partial charge in [-0.3, -0.25) is 19.1 Å². The van der Waals surface area contributed by atoms with Gasteiger partial charge in [0.25, 0.3) is 11.5 Å². The van der Waals surface area contributed by atoms with Crippen molar-refractivity contribution >= 4 is 27.6 Å². The summed E-state index contributed by atoms with van der Waals surface area (Å²) >= 11 is 0.773. The zero-order valence-corrected chi connectivity index (χ0v) is 13.5. The molecule has 1 aliphatic heterocycles. The molecule has 3 rings (SSSR count). The standard InChI is InChI=1S/C12H15N7O4S/c1-2-5(17-22)6-3-4-7(23-6)19-9-8(24-12(19)21)10(20)15-11(14-9)16-18-13/h5-7H,2-4H2,1H3,(H3,13,14,15,16,20)/t5?,6-,7+/m0/s1. The Morgan fingerprint density at radius 2 is 2.29 bits per heavy atom. The minimum Gasteiger partial charge on any atom is -0.352 e. The number of aromatic nitrogens is 3. The maximum Gasteiger partial charge on any atom is 0.311 e. The Morgan fingerprint density at radius 1 is 1.50 bits per heavy atom. The molecule has 0 amide bonds. The third-order valence-corrected chi connectivity index (χ3v) is 4.86. The number of nitrogens with one attached hydrogen (secondary N) is 1. The quantitative estimate of drug-likeness (QED) is 0.357. The van der Waals surface area contributed by atoms with E-state index in [0.717, 1.165) is 11.3 Å². The molecule has 0 saturated carbocycles. The van der Waals surface area contributed by atoms with E-state index in [4.69, 9.17) is 10.6 Å². The Labute approximate surface area is 138 Å². The van der Waals surface area contributed by atoms with Gasteiger partial charge in [-0.1, -0.05) is 33.8 Å². The van der Waals surface area contributed by atoms with Crippen LogP contribution in [0, 0.1) is 4.91 Å². The first-order valence-electron chi connectivity index (χ1n) is 7.33. The minimum atomic E-state index is -0.607. The summed E-state index contributed by atoms with van der Waals surface area (Å²) in [6.07, 6.45) is 0.703. The van der Waals surface area contributed by atoms with Crippen LogP contribution in [0.1, 0.15) is 32.4 Å². The molecule has 3 heterocycles. The number of thiazole rings is 1. The van der Waals surface area contributed by atoms with Crippen molar-refractivity contribution < 1.29 is 4.74 Å². The van der Waals surface area contributed by atoms with Gasteiger partial charge in [-0.25, -0.2) is 0 Å². The summed E-state index contributed by atoms with van der Waals surface area (Å²) < 4.78 is 7.30. The van der Waals surface area contributed by atoms with Crippen molar-refractivity contribution in [3.05, 3.63) is 24.9 Å². The van der Waals surface area contributed by atoms with Crippen LogP contribution in [-0.2, 0) is 4.74 Å². The monoisotopic (exact) mass is 353 g/mol. The van der Waals surface area contributed by atoms with E-state index in [1.54, 1.807) is 0 Å². The van der Waals surface area contributed by atoms with Gasteiger partial charge in [-0.15, -0.1) is 0 Å². The van der Waals surface area contributed by atoms with Crippen molar-refractivity contribution in [2.75, 3.05) is 0 Å². The van der Waals surface area contributed by atoms with Crippen LogP contribution in [0.4, 0.5) is 5.95 Å². The van der Waals surface area contributed by atoms with Crippen LogP contribution in [0.2, 0.25) is 0 Å². The molecule has 24 heavy (non-hydrogen) atoms. The molecule has 1 unspecified atom stereocenters. The highest BCUT2D eigenvalue weighted by Gasteiger charge is 2.34. The summed E-state index contributed by atoms with van der Waals surface area (Å²) in [7, 11) is 0. The lowest BCUT2D eigenvalue weighted by Gasteiger charge is -2.17. The summed E-state index contributed by atoms with van der Waals surface area (Å²) in [6.45, 7) is 1.85. The summed E-state index contributed by atoms with van der Waals surface area (Å²) in [5, 5.41) is 9.64. The number of nitrogens with zero attached hydrogens (tertiary/aromatic N) is 5. The molecule has 3 N–H and O–H groups in total. The molecular formula is C12H15N7O4S. The van der Waals surface area contributed by atoms with Crippen molar-refractivity contribution in [1.29, 1.82) is 0 Å². The Hall–Kier alpha value is -2.47. The molecular weight excluding hydrogens is 338 g/mol. The molecule has 1 saturated heterocycles. The van der Waals surface area contributed by atoms with E-state index < -0.39 is 17.8 Å². The second-order valence-corrected chi connectivity index (χ2v) is 6.24. The van der Waals surface area contributed by atoms with Crippen molar-refractivity contribution in [1.82, 2.24) is 14.5 Å². The lowest BCUT2D eigenvalue weighted by Crippen LogP contribution is -2.26. The largest absolute Gasteiger partial charge is 0.352 e. The fourth-order valence-electron chi connectivity index (χ4n) is 2.80. The Balaban J connectivity index is 2.04. The number of hydrogen-bond donors (Lipinski definition) is 2. The number of aromatic amines is 1. The highest BCUT2D eigenvalue weighted by atomic mass is 32.1. The molecule has 2 aromatic heterocycles. The lowest BCUT2D eigenvalue weighted by molar-refractivity contribution is -0.00838. The highest BCUT2D eigenvalue weighted by molar-refractivity contribution is 7.16. The number of nitroso groups, excluding NO2 is 1. The Morgan fingerprint density at radius 3 is 2.96 bits per heavy atom. The highest BCUT2D eigenvalue weighted by Crippen LogP contribution is 2.33. The normalized spacial score (nSPS) is 22.4. The van der Waals surface area contributed by atoms with Crippen LogP contribution in [0.3, 0.4) is 0 Å². The number of nitrogens with two attached hydrogens (primary N) is 1. The number of hydrogen-bond acceptors (Lipinski definition) is 9. The first kappa shape index (κ1) is 16.4. The second kappa shape index (κ2) is 6.57. The van der Waals surface area contributed by atoms with E-state index in [2.05, 4.69) is 25.5 Å². The molecule has 0 aliphatic carbocycles. The Bertz CT molecular complexity index is 901. The van der Waals surface area contributed by atoms with Gasteiger partial charge in [0.05, 0.1) is 6.10 Å². The maximum absolute atomic E-state index is 12.3. The van der Waals surface area contributed by atoms with E-state index in [-0.39, 0.29) is 27.3 Å². The van der Waals surface area contributed by atoms with E-state index in [1.165, 1.54) is 4.57 Å². The average Bonchev–Trinajstić information content (AvgIpc) is 3.13. The van der Waals surface area contributed by atoms with Crippen LogP contribution in [-0.4, -0.2) is 26.7 Å². The summed E-state index contributed by atoms with van der Waals surface area (Å²) in [5.74, 6) is 4.87. The molecule has 0 aromatic carbocycles. The van der Waals surface area contributed by atoms with Crippen LogP contribution in [0.25, 0.3) is 10.3 Å². The van der Waals surface area contributed by atoms with E-state index in [0.29, 0.717) is 19.3 Å². The van der Waals surface area contributed by atoms with E-state index in [9.17, 15) is 14.5 Å². The SMILES string of the molecule is CCC(N=O)[C@@H]1CC[C@H](n2c(=O)sc3c(=O)[nH]c(N=NN)nc32)O1. The summed E-state index contributed by atoms with van der Waals surface area (Å²) in [5.41, 5.74) is -0.340. The fourth-order valence-corrected chi connectivity index (χ4v) is 3.65. The molecule has 2 aromatic rings. The molecule has 1 aliphatic rings. The van der Waals surface area contributed by atoms with Gasteiger partial charge in [0.1, 0.15) is 17.0 Å². The zero-order chi connectivity index (χ0) is 17.3. The first-order valence-corrected chi connectivity index (χ1v) is 8.14. The van der Waals surface area contributed by atoms with Crippen molar-refractivity contribution in [2.24, 2.45) is 21.4 Å². The fraction of sp³-hybridized carbons (Fsp3) is 0.583. The number of ether oxygens (including phenoxy) is 1. The molecule has 3 atom stereocenters. The van der Waals surface area contributed by atoms with Crippen LogP contribution < -0.4 is 16.3 Å². The predicted octanol–water partition coefficient (Wildman–Crippen LogP) is 1.33. The number of fused-ring (bicyclic) bond motifs is 1. The molecule has 0 spiro atoms. The minimum absolute atomic E-state index is 0.0999. The number of rotatable bonds is 5. The Kier molecular flexibility index (Phi) is 4.49. The summed E-state index contributed by atoms with van der Waals surface area (Å²) in [4.78, 5) is 41.3. The van der Waals surface area contributed by atoms with E-state index >= 15 is 0 Å². The number of H-pyrrole nitrogens is 1. The van der Waals surface area contributed by atoms with Gasteiger partial charge in [-0.05, 0) is 19.3 Å². The first-order chi connectivity index (χ1) is 11.6. The third-order valence-electron chi connectivity index (χ3n) is 3.91. The average molecular weight is 353 g/mol. The lowest BCUT2D eigenvalue weighted by atomic mass is 10.1. The smallest absolute Gasteiger partial charge is 0.311 e. The van der Waals surface area contributed by atoms with Gasteiger partial charge >= 0.3 is 4.87 Å². The molecule has 0 bridgehead atoms. The molecule has 1 fully saturated rings. The van der Waals surface area contributed by atoms with Crippen molar-refractivity contribution in [2.45, 2.75) is 44.6 Å². The maximum atomic E-state index is 12.3.